The third kappa shape index (κ3) is 5.38. The van der Waals surface area contributed by atoms with E-state index in [-0.39, 0.29) is 18.1 Å². The van der Waals surface area contributed by atoms with E-state index < -0.39 is 0 Å². The molecular formula is C30H32N4O5. The zero-order chi connectivity index (χ0) is 27.4. The lowest BCUT2D eigenvalue weighted by atomic mass is 9.94. The molecule has 9 nitrogen and oxygen atoms in total. The predicted octanol–water partition coefficient (Wildman–Crippen LogP) is 5.97. The van der Waals surface area contributed by atoms with Gasteiger partial charge in [-0.25, -0.2) is 4.98 Å². The van der Waals surface area contributed by atoms with Gasteiger partial charge in [0.05, 0.1) is 22.9 Å². The summed E-state index contributed by atoms with van der Waals surface area (Å²) in [5.41, 5.74) is 6.48. The number of nitrogens with one attached hydrogen (secondary N) is 2. The summed E-state index contributed by atoms with van der Waals surface area (Å²) < 4.78 is 7.73. The second kappa shape index (κ2) is 11.5. The van der Waals surface area contributed by atoms with Gasteiger partial charge >= 0.3 is 0 Å². The first-order chi connectivity index (χ1) is 19.0. The Morgan fingerprint density at radius 1 is 1.21 bits per heavy atom. The lowest BCUT2D eigenvalue weighted by Gasteiger charge is -2.25. The molecular weight excluding hydrogens is 496 g/mol. The van der Waals surface area contributed by atoms with E-state index in [1.54, 1.807) is 24.7 Å². The van der Waals surface area contributed by atoms with E-state index in [0.717, 1.165) is 57.3 Å². The lowest BCUT2D eigenvalue weighted by Crippen LogP contribution is -2.26. The number of aromatic amines is 1. The van der Waals surface area contributed by atoms with Crippen molar-refractivity contribution >= 4 is 34.3 Å². The van der Waals surface area contributed by atoms with Crippen LogP contribution in [0.3, 0.4) is 0 Å². The highest BCUT2D eigenvalue weighted by atomic mass is 16.3. The maximum atomic E-state index is 13.2. The number of fused-ring (bicyclic) bond motifs is 2. The number of carboxylic acid groups (broad SMARTS) is 1. The van der Waals surface area contributed by atoms with Crippen molar-refractivity contribution in [2.45, 2.75) is 51.5 Å². The van der Waals surface area contributed by atoms with Crippen LogP contribution in [0.5, 0.6) is 5.75 Å². The number of phenolic OH excluding ortho intramolecular Hbond substituents is 1. The molecule has 1 aliphatic carbocycles. The van der Waals surface area contributed by atoms with Crippen LogP contribution in [0.4, 0.5) is 0 Å². The molecule has 0 unspecified atom stereocenters. The Hall–Kier alpha value is -4.53. The molecule has 5 aromatic rings. The number of furan rings is 1. The van der Waals surface area contributed by atoms with Crippen LogP contribution in [0.15, 0.2) is 59.5 Å². The minimum Gasteiger partial charge on any atom is -0.508 e. The van der Waals surface area contributed by atoms with Crippen LogP contribution in [0.2, 0.25) is 0 Å². The van der Waals surface area contributed by atoms with Crippen molar-refractivity contribution in [2.75, 3.05) is 6.54 Å². The van der Waals surface area contributed by atoms with Crippen LogP contribution in [-0.4, -0.2) is 43.7 Å². The van der Waals surface area contributed by atoms with Crippen LogP contribution in [0, 0.1) is 6.92 Å². The summed E-state index contributed by atoms with van der Waals surface area (Å²) >= 11 is 0. The van der Waals surface area contributed by atoms with Crippen molar-refractivity contribution in [3.05, 3.63) is 71.8 Å². The summed E-state index contributed by atoms with van der Waals surface area (Å²) in [4.78, 5) is 29.7. The van der Waals surface area contributed by atoms with Crippen molar-refractivity contribution in [3.63, 3.8) is 0 Å². The van der Waals surface area contributed by atoms with Crippen molar-refractivity contribution in [1.29, 1.82) is 0 Å². The van der Waals surface area contributed by atoms with E-state index in [1.807, 2.05) is 31.3 Å². The fourth-order valence-corrected chi connectivity index (χ4v) is 5.57. The van der Waals surface area contributed by atoms with Gasteiger partial charge in [-0.1, -0.05) is 19.3 Å². The zero-order valence-electron chi connectivity index (χ0n) is 21.8. The van der Waals surface area contributed by atoms with Crippen LogP contribution >= 0.6 is 0 Å². The molecule has 0 aliphatic heterocycles. The van der Waals surface area contributed by atoms with E-state index in [1.165, 1.54) is 19.3 Å². The summed E-state index contributed by atoms with van der Waals surface area (Å²) in [6.45, 7) is 2.24. The number of hydrogen-bond acceptors (Lipinski definition) is 5. The van der Waals surface area contributed by atoms with Crippen LogP contribution < -0.4 is 5.32 Å². The number of rotatable bonds is 6. The first kappa shape index (κ1) is 26.1. The topological polar surface area (TPSA) is 133 Å². The second-order valence-electron chi connectivity index (χ2n) is 9.92. The average molecular weight is 529 g/mol. The fraction of sp³-hybridized carbons (Fsp3) is 0.300. The Bertz CT molecular complexity index is 1590. The van der Waals surface area contributed by atoms with Crippen molar-refractivity contribution < 1.29 is 24.2 Å². The van der Waals surface area contributed by atoms with Gasteiger partial charge in [-0.2, -0.15) is 0 Å². The lowest BCUT2D eigenvalue weighted by molar-refractivity contribution is -0.122. The van der Waals surface area contributed by atoms with Gasteiger partial charge in [0.2, 0.25) is 0 Å². The molecule has 6 rings (SSSR count). The van der Waals surface area contributed by atoms with E-state index >= 15 is 0 Å². The molecule has 39 heavy (non-hydrogen) atoms. The highest BCUT2D eigenvalue weighted by Gasteiger charge is 2.24. The minimum atomic E-state index is -0.250. The quantitative estimate of drug-likeness (QED) is 0.201. The van der Waals surface area contributed by atoms with Crippen molar-refractivity contribution in [2.24, 2.45) is 0 Å². The number of imidazole rings is 1. The first-order valence-electron chi connectivity index (χ1n) is 13.2. The highest BCUT2D eigenvalue weighted by Crippen LogP contribution is 2.37. The SMILES string of the molecule is Cc1cc2c(cc1C(=O)NCCc1c[nH]c3ccc(O)cc13)nc(-c1ccoc1)n2C1CCCCC1.O=CO. The van der Waals surface area contributed by atoms with Gasteiger partial charge in [-0.15, -0.1) is 0 Å². The number of carbonyl (C=O) groups is 2. The second-order valence-corrected chi connectivity index (χ2v) is 9.92. The molecule has 202 valence electrons. The number of amides is 1. The van der Waals surface area contributed by atoms with Gasteiger partial charge in [0, 0.05) is 35.2 Å². The highest BCUT2D eigenvalue weighted by molar-refractivity contribution is 5.99. The number of nitrogens with zero attached hydrogens (tertiary/aromatic N) is 2. The smallest absolute Gasteiger partial charge is 0.290 e. The molecule has 2 aromatic carbocycles. The molecule has 1 amide bonds. The van der Waals surface area contributed by atoms with Crippen LogP contribution in [-0.2, 0) is 11.2 Å². The Balaban J connectivity index is 0.000000983. The van der Waals surface area contributed by atoms with Gasteiger partial charge < -0.3 is 29.5 Å². The summed E-state index contributed by atoms with van der Waals surface area (Å²) in [7, 11) is 0. The maximum absolute atomic E-state index is 13.2. The number of aromatic hydroxyl groups is 1. The largest absolute Gasteiger partial charge is 0.508 e. The summed E-state index contributed by atoms with van der Waals surface area (Å²) in [6, 6.07) is 11.7. The van der Waals surface area contributed by atoms with E-state index in [4.69, 9.17) is 19.3 Å². The molecule has 3 aromatic heterocycles. The zero-order valence-corrected chi connectivity index (χ0v) is 21.8. The summed E-state index contributed by atoms with van der Waals surface area (Å²) in [5, 5.41) is 20.8. The third-order valence-corrected chi connectivity index (χ3v) is 7.43. The van der Waals surface area contributed by atoms with Crippen molar-refractivity contribution in [1.82, 2.24) is 19.9 Å². The number of H-pyrrole nitrogens is 1. The summed E-state index contributed by atoms with van der Waals surface area (Å²) in [6.07, 6.45) is 12.0. The molecule has 9 heteroatoms. The Morgan fingerprint density at radius 3 is 2.74 bits per heavy atom. The van der Waals surface area contributed by atoms with E-state index in [0.29, 0.717) is 24.6 Å². The molecule has 1 saturated carbocycles. The van der Waals surface area contributed by atoms with Gasteiger partial charge in [-0.05, 0) is 73.7 Å². The summed E-state index contributed by atoms with van der Waals surface area (Å²) in [5.74, 6) is 1.04. The van der Waals surface area contributed by atoms with Gasteiger partial charge in [0.15, 0.2) is 0 Å². The molecule has 4 N–H and O–H groups in total. The van der Waals surface area contributed by atoms with Crippen molar-refractivity contribution in [3.8, 4) is 17.1 Å². The number of carbonyl (C=O) groups excluding carboxylic acids is 1. The van der Waals surface area contributed by atoms with Gasteiger partial charge in [-0.3, -0.25) is 9.59 Å². The number of phenols is 1. The molecule has 0 bridgehead atoms. The van der Waals surface area contributed by atoms with Gasteiger partial charge in [0.1, 0.15) is 17.8 Å². The molecule has 0 radical (unpaired) electrons. The monoisotopic (exact) mass is 528 g/mol. The molecule has 3 heterocycles. The molecule has 0 spiro atoms. The van der Waals surface area contributed by atoms with Crippen LogP contribution in [0.25, 0.3) is 33.3 Å². The molecule has 0 atom stereocenters. The van der Waals surface area contributed by atoms with Crippen LogP contribution in [0.1, 0.15) is 59.6 Å². The number of aryl methyl sites for hydroxylation is 1. The fourth-order valence-electron chi connectivity index (χ4n) is 5.57. The standard InChI is InChI=1S/C29H30N4O3.CH2O2/c1-18-13-27-26(32-28(20-10-12-36-17-20)33(27)21-5-3-2-4-6-21)15-23(18)29(35)30-11-9-19-16-31-25-8-7-22(34)14-24(19)25;2-1-3/h7-8,10,12-17,21,31,34H,2-6,9,11H2,1H3,(H,30,35);1H,(H,2,3). The minimum absolute atomic E-state index is 0.103. The molecule has 0 saturated heterocycles. The van der Waals surface area contributed by atoms with E-state index in [9.17, 15) is 9.90 Å². The molecule has 1 aliphatic rings. The normalized spacial score (nSPS) is 13.8. The number of benzene rings is 2. The average Bonchev–Trinajstić information content (AvgIpc) is 3.68. The van der Waals surface area contributed by atoms with Gasteiger partial charge in [0.25, 0.3) is 12.4 Å². The third-order valence-electron chi connectivity index (χ3n) is 7.43. The molecule has 1 fully saturated rings. The van der Waals surface area contributed by atoms with E-state index in [2.05, 4.69) is 20.9 Å². The Morgan fingerprint density at radius 2 is 2.00 bits per heavy atom. The Labute approximate surface area is 225 Å². The Kier molecular flexibility index (Phi) is 7.67. The predicted molar refractivity (Wildman–Crippen MR) is 149 cm³/mol. The maximum Gasteiger partial charge on any atom is 0.290 e. The number of hydrogen-bond donors (Lipinski definition) is 4. The first-order valence-corrected chi connectivity index (χ1v) is 13.2. The number of aromatic nitrogens is 3.